The Morgan fingerprint density at radius 3 is 1.88 bits per heavy atom. The van der Waals surface area contributed by atoms with Crippen LogP contribution >= 0.6 is 0 Å². The van der Waals surface area contributed by atoms with Gasteiger partial charge in [-0.25, -0.2) is 4.39 Å². The third-order valence-electron chi connectivity index (χ3n) is 4.08. The first-order valence-corrected chi connectivity index (χ1v) is 8.62. The highest BCUT2D eigenvalue weighted by molar-refractivity contribution is 5.31. The molecule has 0 aliphatic heterocycles. The maximum Gasteiger partial charge on any atom is 0.123 e. The number of hydrogen-bond acceptors (Lipinski definition) is 3. The summed E-state index contributed by atoms with van der Waals surface area (Å²) in [4.78, 5) is 0. The van der Waals surface area contributed by atoms with Crippen molar-refractivity contribution in [2.75, 3.05) is 13.2 Å². The van der Waals surface area contributed by atoms with Crippen LogP contribution in [0.15, 0.2) is 84.9 Å². The Hall–Kier alpha value is -2.69. The van der Waals surface area contributed by atoms with E-state index in [2.05, 4.69) is 29.6 Å². The summed E-state index contributed by atoms with van der Waals surface area (Å²) in [6.07, 6.45) is -0.685. The van der Waals surface area contributed by atoms with Gasteiger partial charge in [-0.15, -0.1) is 0 Å². The van der Waals surface area contributed by atoms with E-state index in [9.17, 15) is 9.50 Å². The van der Waals surface area contributed by atoms with Gasteiger partial charge >= 0.3 is 0 Å². The van der Waals surface area contributed by atoms with Crippen LogP contribution in [0.4, 0.5) is 4.39 Å². The van der Waals surface area contributed by atoms with Crippen LogP contribution < -0.4 is 10.1 Å². The fourth-order valence-corrected chi connectivity index (χ4v) is 2.76. The van der Waals surface area contributed by atoms with Gasteiger partial charge in [0.25, 0.3) is 0 Å². The van der Waals surface area contributed by atoms with Gasteiger partial charge in [-0.3, -0.25) is 0 Å². The van der Waals surface area contributed by atoms with Crippen molar-refractivity contribution in [1.29, 1.82) is 0 Å². The lowest BCUT2D eigenvalue weighted by Gasteiger charge is -2.22. The molecule has 1 unspecified atom stereocenters. The van der Waals surface area contributed by atoms with Crippen LogP contribution in [0.1, 0.15) is 17.2 Å². The minimum atomic E-state index is -0.685. The lowest BCUT2D eigenvalue weighted by atomic mass is 9.98. The molecule has 0 amide bonds. The van der Waals surface area contributed by atoms with Crippen LogP contribution in [-0.4, -0.2) is 24.4 Å². The Kier molecular flexibility index (Phi) is 6.36. The van der Waals surface area contributed by atoms with Crippen LogP contribution in [0.5, 0.6) is 5.75 Å². The molecule has 1 atom stereocenters. The van der Waals surface area contributed by atoms with Gasteiger partial charge in [0.1, 0.15) is 24.3 Å². The van der Waals surface area contributed by atoms with Crippen LogP contribution in [0.25, 0.3) is 0 Å². The Labute approximate surface area is 153 Å². The van der Waals surface area contributed by atoms with Crippen LogP contribution in [0, 0.1) is 5.82 Å². The van der Waals surface area contributed by atoms with Gasteiger partial charge in [-0.05, 0) is 35.4 Å². The third kappa shape index (κ3) is 5.15. The molecule has 3 aromatic carbocycles. The van der Waals surface area contributed by atoms with E-state index in [1.54, 1.807) is 12.1 Å². The molecule has 26 heavy (non-hydrogen) atoms. The van der Waals surface area contributed by atoms with Gasteiger partial charge in [0.2, 0.25) is 0 Å². The lowest BCUT2D eigenvalue weighted by Crippen LogP contribution is -2.34. The quantitative estimate of drug-likeness (QED) is 0.646. The molecule has 134 valence electrons. The van der Waals surface area contributed by atoms with E-state index in [0.717, 1.165) is 11.1 Å². The van der Waals surface area contributed by atoms with Gasteiger partial charge in [0.05, 0.1) is 6.04 Å². The number of nitrogens with one attached hydrogen (secondary N) is 1. The zero-order chi connectivity index (χ0) is 18.2. The molecule has 0 aliphatic rings. The maximum absolute atomic E-state index is 12.9. The van der Waals surface area contributed by atoms with Crippen molar-refractivity contribution in [1.82, 2.24) is 5.32 Å². The second kappa shape index (κ2) is 9.13. The summed E-state index contributed by atoms with van der Waals surface area (Å²) in [7, 11) is 0. The minimum Gasteiger partial charge on any atom is -0.491 e. The second-order valence-electron chi connectivity index (χ2n) is 6.08. The van der Waals surface area contributed by atoms with Gasteiger partial charge in [-0.2, -0.15) is 0 Å². The highest BCUT2D eigenvalue weighted by atomic mass is 19.1. The largest absolute Gasteiger partial charge is 0.491 e. The molecule has 0 radical (unpaired) electrons. The number of benzene rings is 3. The van der Waals surface area contributed by atoms with Gasteiger partial charge < -0.3 is 15.2 Å². The first kappa shape index (κ1) is 18.1. The summed E-state index contributed by atoms with van der Waals surface area (Å²) < 4.78 is 18.4. The minimum absolute atomic E-state index is 0.0159. The monoisotopic (exact) mass is 351 g/mol. The zero-order valence-corrected chi connectivity index (χ0v) is 14.4. The predicted molar refractivity (Wildman–Crippen MR) is 101 cm³/mol. The summed E-state index contributed by atoms with van der Waals surface area (Å²) >= 11 is 0. The number of halogens is 1. The highest BCUT2D eigenvalue weighted by Crippen LogP contribution is 2.21. The molecule has 4 heteroatoms. The van der Waals surface area contributed by atoms with Crippen LogP contribution in [0.2, 0.25) is 0 Å². The Balaban J connectivity index is 1.59. The normalized spacial score (nSPS) is 12.1. The summed E-state index contributed by atoms with van der Waals surface area (Å²) in [6, 6.07) is 26.0. The first-order valence-electron chi connectivity index (χ1n) is 8.62. The highest BCUT2D eigenvalue weighted by Gasteiger charge is 2.15. The van der Waals surface area contributed by atoms with Gasteiger partial charge in [0.15, 0.2) is 0 Å². The van der Waals surface area contributed by atoms with Gasteiger partial charge in [0, 0.05) is 6.54 Å². The SMILES string of the molecule is OC(CNC(c1ccccc1)c1ccccc1)COc1ccc(F)cc1. The van der Waals surface area contributed by atoms with Crippen molar-refractivity contribution >= 4 is 0 Å². The molecular formula is C22H22FNO2. The van der Waals surface area contributed by atoms with E-state index < -0.39 is 6.10 Å². The second-order valence-corrected chi connectivity index (χ2v) is 6.08. The van der Waals surface area contributed by atoms with Crippen molar-refractivity contribution in [3.05, 3.63) is 102 Å². The molecule has 3 rings (SSSR count). The number of hydrogen-bond donors (Lipinski definition) is 2. The Morgan fingerprint density at radius 2 is 1.35 bits per heavy atom. The van der Waals surface area contributed by atoms with E-state index in [-0.39, 0.29) is 18.5 Å². The molecule has 2 N–H and O–H groups in total. The molecule has 0 bridgehead atoms. The van der Waals surface area contributed by atoms with E-state index in [1.165, 1.54) is 12.1 Å². The predicted octanol–water partition coefficient (Wildman–Crippen LogP) is 3.94. The molecule has 0 aromatic heterocycles. The Bertz CT molecular complexity index is 739. The van der Waals surface area contributed by atoms with E-state index >= 15 is 0 Å². The summed E-state index contributed by atoms with van der Waals surface area (Å²) in [5, 5.41) is 13.7. The number of ether oxygens (including phenoxy) is 1. The summed E-state index contributed by atoms with van der Waals surface area (Å²) in [5.41, 5.74) is 2.26. The average Bonchev–Trinajstić information content (AvgIpc) is 2.69. The van der Waals surface area contributed by atoms with E-state index in [4.69, 9.17) is 4.74 Å². The van der Waals surface area contributed by atoms with Gasteiger partial charge in [-0.1, -0.05) is 60.7 Å². The summed E-state index contributed by atoms with van der Waals surface area (Å²) in [5.74, 6) is 0.223. The molecule has 0 saturated heterocycles. The van der Waals surface area contributed by atoms with Crippen molar-refractivity contribution in [2.45, 2.75) is 12.1 Å². The van der Waals surface area contributed by atoms with Crippen molar-refractivity contribution < 1.29 is 14.2 Å². The number of aliphatic hydroxyl groups excluding tert-OH is 1. The van der Waals surface area contributed by atoms with E-state index in [1.807, 2.05) is 36.4 Å². The maximum atomic E-state index is 12.9. The van der Waals surface area contributed by atoms with Crippen LogP contribution in [0.3, 0.4) is 0 Å². The Morgan fingerprint density at radius 1 is 0.808 bits per heavy atom. The molecule has 0 heterocycles. The average molecular weight is 351 g/mol. The van der Waals surface area contributed by atoms with Crippen molar-refractivity contribution in [3.8, 4) is 5.75 Å². The molecule has 0 aliphatic carbocycles. The van der Waals surface area contributed by atoms with Crippen LogP contribution in [-0.2, 0) is 0 Å². The molecule has 3 nitrogen and oxygen atoms in total. The fraction of sp³-hybridized carbons (Fsp3) is 0.182. The lowest BCUT2D eigenvalue weighted by molar-refractivity contribution is 0.105. The summed E-state index contributed by atoms with van der Waals surface area (Å²) in [6.45, 7) is 0.505. The molecular weight excluding hydrogens is 329 g/mol. The first-order chi connectivity index (χ1) is 12.7. The number of rotatable bonds is 8. The number of aliphatic hydroxyl groups is 1. The van der Waals surface area contributed by atoms with Crippen molar-refractivity contribution in [3.63, 3.8) is 0 Å². The molecule has 3 aromatic rings. The fourth-order valence-electron chi connectivity index (χ4n) is 2.76. The standard InChI is InChI=1S/C22H22FNO2/c23-19-11-13-21(14-12-19)26-16-20(25)15-24-22(17-7-3-1-4-8-17)18-9-5-2-6-10-18/h1-14,20,22,24-25H,15-16H2. The van der Waals surface area contributed by atoms with Crippen molar-refractivity contribution in [2.24, 2.45) is 0 Å². The smallest absolute Gasteiger partial charge is 0.123 e. The third-order valence-corrected chi connectivity index (χ3v) is 4.08. The zero-order valence-electron chi connectivity index (χ0n) is 14.4. The topological polar surface area (TPSA) is 41.5 Å². The van der Waals surface area contributed by atoms with E-state index in [0.29, 0.717) is 12.3 Å². The molecule has 0 saturated carbocycles. The molecule has 0 fully saturated rings. The molecule has 0 spiro atoms.